The molecule has 0 bridgehead atoms. The minimum absolute atomic E-state index is 0.267. The minimum atomic E-state index is -3.53. The Bertz CT molecular complexity index is 523. The van der Waals surface area contributed by atoms with Crippen molar-refractivity contribution in [2.75, 3.05) is 20.1 Å². The van der Waals surface area contributed by atoms with E-state index < -0.39 is 27.0 Å². The Hall–Kier alpha value is -0.920. The lowest BCUT2D eigenvalue weighted by molar-refractivity contribution is -0.143. The van der Waals surface area contributed by atoms with E-state index in [-0.39, 0.29) is 10.8 Å². The molecule has 1 aliphatic rings. The second kappa shape index (κ2) is 4.99. The average molecular weight is 289 g/mol. The third-order valence-electron chi connectivity index (χ3n) is 3.24. The number of rotatable bonds is 3. The van der Waals surface area contributed by atoms with Gasteiger partial charge in [0.05, 0.1) is 11.2 Å². The number of thiophene rings is 1. The summed E-state index contributed by atoms with van der Waals surface area (Å²) in [6, 6.07) is 3.21. The summed E-state index contributed by atoms with van der Waals surface area (Å²) in [6.07, 6.45) is 0.369. The Morgan fingerprint density at radius 3 is 2.83 bits per heavy atom. The number of piperidine rings is 1. The van der Waals surface area contributed by atoms with Crippen molar-refractivity contribution in [2.24, 2.45) is 5.92 Å². The normalized spacial score (nSPS) is 26.1. The number of sulfone groups is 1. The van der Waals surface area contributed by atoms with Gasteiger partial charge in [0, 0.05) is 6.54 Å². The van der Waals surface area contributed by atoms with Crippen molar-refractivity contribution >= 4 is 27.1 Å². The fourth-order valence-electron chi connectivity index (χ4n) is 2.28. The fourth-order valence-corrected chi connectivity index (χ4v) is 5.42. The highest BCUT2D eigenvalue weighted by Crippen LogP contribution is 2.30. The van der Waals surface area contributed by atoms with Gasteiger partial charge in [0.25, 0.3) is 0 Å². The number of aliphatic carboxylic acids is 1. The van der Waals surface area contributed by atoms with Crippen LogP contribution in [0, 0.1) is 5.92 Å². The number of carboxylic acid groups (broad SMARTS) is 1. The lowest BCUT2D eigenvalue weighted by Gasteiger charge is -2.33. The lowest BCUT2D eigenvalue weighted by Crippen LogP contribution is -2.48. The standard InChI is InChI=1S/C11H15NO4S2/c1-12-5-4-9(8(7-12)11(13)14)18(15,16)10-3-2-6-17-10/h2-3,6,8-9H,4-5,7H2,1H3,(H,13,14). The molecule has 0 radical (unpaired) electrons. The molecule has 1 saturated heterocycles. The quantitative estimate of drug-likeness (QED) is 0.896. The van der Waals surface area contributed by atoms with Gasteiger partial charge in [0.2, 0.25) is 0 Å². The summed E-state index contributed by atoms with van der Waals surface area (Å²) < 4.78 is 25.1. The zero-order valence-corrected chi connectivity index (χ0v) is 11.6. The van der Waals surface area contributed by atoms with E-state index in [0.29, 0.717) is 13.0 Å². The molecule has 7 heteroatoms. The maximum absolute atomic E-state index is 12.4. The Kier molecular flexibility index (Phi) is 3.74. The number of nitrogens with zero attached hydrogens (tertiary/aromatic N) is 1. The van der Waals surface area contributed by atoms with Crippen LogP contribution >= 0.6 is 11.3 Å². The van der Waals surface area contributed by atoms with E-state index in [1.165, 1.54) is 6.07 Å². The van der Waals surface area contributed by atoms with E-state index in [1.807, 2.05) is 11.9 Å². The fraction of sp³-hybridized carbons (Fsp3) is 0.545. The van der Waals surface area contributed by atoms with Crippen LogP contribution in [-0.4, -0.2) is 49.8 Å². The molecule has 100 valence electrons. The van der Waals surface area contributed by atoms with E-state index >= 15 is 0 Å². The molecule has 0 aliphatic carbocycles. The molecule has 1 aliphatic heterocycles. The lowest BCUT2D eigenvalue weighted by atomic mass is 9.98. The maximum Gasteiger partial charge on any atom is 0.309 e. The highest BCUT2D eigenvalue weighted by molar-refractivity contribution is 7.94. The molecule has 2 rings (SSSR count). The number of carbonyl (C=O) groups is 1. The van der Waals surface area contributed by atoms with Crippen LogP contribution in [0.5, 0.6) is 0 Å². The molecular weight excluding hydrogens is 274 g/mol. The first kappa shape index (κ1) is 13.5. The SMILES string of the molecule is CN1CCC(S(=O)(=O)c2cccs2)C(C(=O)O)C1. The molecule has 5 nitrogen and oxygen atoms in total. The van der Waals surface area contributed by atoms with E-state index in [1.54, 1.807) is 11.4 Å². The number of hydrogen-bond acceptors (Lipinski definition) is 5. The summed E-state index contributed by atoms with van der Waals surface area (Å²) in [6.45, 7) is 0.893. The molecule has 2 heterocycles. The average Bonchev–Trinajstić information content (AvgIpc) is 2.82. The summed E-state index contributed by atoms with van der Waals surface area (Å²) in [5, 5.41) is 10.1. The minimum Gasteiger partial charge on any atom is -0.481 e. The van der Waals surface area contributed by atoms with Crippen molar-refractivity contribution in [2.45, 2.75) is 15.9 Å². The number of hydrogen-bond donors (Lipinski definition) is 1. The van der Waals surface area contributed by atoms with Crippen molar-refractivity contribution in [3.8, 4) is 0 Å². The Morgan fingerprint density at radius 2 is 2.28 bits per heavy atom. The summed E-state index contributed by atoms with van der Waals surface area (Å²) in [7, 11) is -1.72. The number of carboxylic acids is 1. The van der Waals surface area contributed by atoms with Crippen LogP contribution in [0.15, 0.2) is 21.7 Å². The molecule has 0 amide bonds. The van der Waals surface area contributed by atoms with Crippen molar-refractivity contribution in [3.63, 3.8) is 0 Å². The van der Waals surface area contributed by atoms with E-state index in [2.05, 4.69) is 0 Å². The van der Waals surface area contributed by atoms with Crippen LogP contribution in [0.25, 0.3) is 0 Å². The van der Waals surface area contributed by atoms with Crippen LogP contribution < -0.4 is 0 Å². The third kappa shape index (κ3) is 2.43. The second-order valence-electron chi connectivity index (χ2n) is 4.51. The van der Waals surface area contributed by atoms with Gasteiger partial charge in [-0.15, -0.1) is 11.3 Å². The van der Waals surface area contributed by atoms with Crippen LogP contribution in [-0.2, 0) is 14.6 Å². The Labute approximate surface area is 110 Å². The van der Waals surface area contributed by atoms with Gasteiger partial charge in [0.15, 0.2) is 9.84 Å². The van der Waals surface area contributed by atoms with Crippen molar-refractivity contribution in [3.05, 3.63) is 17.5 Å². The predicted molar refractivity (Wildman–Crippen MR) is 68.5 cm³/mol. The van der Waals surface area contributed by atoms with Crippen LogP contribution in [0.1, 0.15) is 6.42 Å². The molecule has 0 saturated carbocycles. The first-order chi connectivity index (χ1) is 8.43. The molecule has 1 fully saturated rings. The topological polar surface area (TPSA) is 74.7 Å². The molecule has 2 unspecified atom stereocenters. The molecular formula is C11H15NO4S2. The smallest absolute Gasteiger partial charge is 0.309 e. The molecule has 0 spiro atoms. The van der Waals surface area contributed by atoms with Gasteiger partial charge in [-0.05, 0) is 31.5 Å². The Balaban J connectivity index is 2.34. The van der Waals surface area contributed by atoms with Crippen LogP contribution in [0.4, 0.5) is 0 Å². The van der Waals surface area contributed by atoms with Gasteiger partial charge >= 0.3 is 5.97 Å². The first-order valence-corrected chi connectivity index (χ1v) is 8.04. The maximum atomic E-state index is 12.4. The molecule has 18 heavy (non-hydrogen) atoms. The summed E-state index contributed by atoms with van der Waals surface area (Å²) in [5.41, 5.74) is 0. The monoisotopic (exact) mass is 289 g/mol. The first-order valence-electron chi connectivity index (χ1n) is 5.61. The predicted octanol–water partition coefficient (Wildman–Crippen LogP) is 0.927. The highest BCUT2D eigenvalue weighted by Gasteiger charge is 2.42. The summed E-state index contributed by atoms with van der Waals surface area (Å²) in [5.74, 6) is -1.89. The summed E-state index contributed by atoms with van der Waals surface area (Å²) in [4.78, 5) is 13.1. The number of likely N-dealkylation sites (tertiary alicyclic amines) is 1. The van der Waals surface area contributed by atoms with Gasteiger partial charge in [-0.25, -0.2) is 8.42 Å². The van der Waals surface area contributed by atoms with Gasteiger partial charge in [-0.1, -0.05) is 6.07 Å². The van der Waals surface area contributed by atoms with Crippen LogP contribution in [0.3, 0.4) is 0 Å². The molecule has 1 aromatic heterocycles. The van der Waals surface area contributed by atoms with Gasteiger partial charge in [-0.3, -0.25) is 4.79 Å². The van der Waals surface area contributed by atoms with Crippen molar-refractivity contribution in [1.29, 1.82) is 0 Å². The zero-order valence-electron chi connectivity index (χ0n) is 9.94. The Morgan fingerprint density at radius 1 is 1.56 bits per heavy atom. The second-order valence-corrected chi connectivity index (χ2v) is 7.85. The van der Waals surface area contributed by atoms with E-state index in [0.717, 1.165) is 11.3 Å². The summed E-state index contributed by atoms with van der Waals surface area (Å²) >= 11 is 1.14. The molecule has 1 aromatic rings. The highest BCUT2D eigenvalue weighted by atomic mass is 32.2. The molecule has 2 atom stereocenters. The third-order valence-corrected chi connectivity index (χ3v) is 6.95. The van der Waals surface area contributed by atoms with Crippen LogP contribution in [0.2, 0.25) is 0 Å². The van der Waals surface area contributed by atoms with Gasteiger partial charge < -0.3 is 10.0 Å². The van der Waals surface area contributed by atoms with Crippen molar-refractivity contribution in [1.82, 2.24) is 4.90 Å². The van der Waals surface area contributed by atoms with E-state index in [9.17, 15) is 18.3 Å². The van der Waals surface area contributed by atoms with E-state index in [4.69, 9.17) is 0 Å². The van der Waals surface area contributed by atoms with Gasteiger partial charge in [-0.2, -0.15) is 0 Å². The van der Waals surface area contributed by atoms with Gasteiger partial charge in [0.1, 0.15) is 4.21 Å². The van der Waals surface area contributed by atoms with Crippen molar-refractivity contribution < 1.29 is 18.3 Å². The largest absolute Gasteiger partial charge is 0.481 e. The molecule has 1 N–H and O–H groups in total. The zero-order chi connectivity index (χ0) is 13.3. The molecule has 0 aromatic carbocycles.